The molecule has 1 aliphatic heterocycles. The molecule has 2 aromatic heterocycles. The molecule has 0 saturated heterocycles. The summed E-state index contributed by atoms with van der Waals surface area (Å²) >= 11 is 3.38. The second kappa shape index (κ2) is 6.91. The van der Waals surface area contributed by atoms with Gasteiger partial charge in [0.15, 0.2) is 0 Å². The highest BCUT2D eigenvalue weighted by atomic mass is 32.1. The van der Waals surface area contributed by atoms with E-state index in [-0.39, 0.29) is 5.91 Å². The van der Waals surface area contributed by atoms with Crippen molar-refractivity contribution >= 4 is 33.6 Å². The van der Waals surface area contributed by atoms with E-state index in [1.165, 1.54) is 35.4 Å². The standard InChI is InChI=1S/C20H22N2O2S2/c23-18(13-4-2-1-3-5-13)22-20-17(14-8-9-24-10-16(14)26-20)19-21-15(11-25-19)12-6-7-12/h4,11-12H,1-3,5-10H2,(H,22,23). The zero-order chi connectivity index (χ0) is 17.5. The van der Waals surface area contributed by atoms with Crippen LogP contribution >= 0.6 is 22.7 Å². The molecule has 2 aromatic rings. The third-order valence-corrected chi connectivity index (χ3v) is 7.36. The number of amides is 1. The number of nitrogens with zero attached hydrogens (tertiary/aromatic N) is 1. The van der Waals surface area contributed by atoms with Crippen molar-refractivity contribution in [2.24, 2.45) is 0 Å². The van der Waals surface area contributed by atoms with Gasteiger partial charge in [-0.05, 0) is 50.5 Å². The first-order chi connectivity index (χ1) is 12.8. The van der Waals surface area contributed by atoms with Gasteiger partial charge < -0.3 is 10.1 Å². The van der Waals surface area contributed by atoms with E-state index in [4.69, 9.17) is 9.72 Å². The molecule has 1 fully saturated rings. The molecule has 3 aliphatic rings. The Morgan fingerprint density at radius 2 is 2.19 bits per heavy atom. The van der Waals surface area contributed by atoms with Crippen molar-refractivity contribution in [3.8, 4) is 10.6 Å². The number of nitrogens with one attached hydrogen (secondary N) is 1. The highest BCUT2D eigenvalue weighted by Gasteiger charge is 2.29. The van der Waals surface area contributed by atoms with E-state index in [2.05, 4.69) is 16.8 Å². The van der Waals surface area contributed by atoms with Crippen molar-refractivity contribution in [2.45, 2.75) is 57.5 Å². The molecule has 0 bridgehead atoms. The van der Waals surface area contributed by atoms with Gasteiger partial charge in [0.2, 0.25) is 0 Å². The highest BCUT2D eigenvalue weighted by molar-refractivity contribution is 7.18. The van der Waals surface area contributed by atoms with E-state index in [9.17, 15) is 4.79 Å². The quantitative estimate of drug-likeness (QED) is 0.780. The zero-order valence-electron chi connectivity index (χ0n) is 14.7. The molecule has 26 heavy (non-hydrogen) atoms. The Bertz CT molecular complexity index is 877. The summed E-state index contributed by atoms with van der Waals surface area (Å²) in [7, 11) is 0. The van der Waals surface area contributed by atoms with Crippen molar-refractivity contribution < 1.29 is 9.53 Å². The van der Waals surface area contributed by atoms with Crippen LogP contribution in [0.25, 0.3) is 10.6 Å². The van der Waals surface area contributed by atoms with Gasteiger partial charge in [-0.25, -0.2) is 4.98 Å². The number of thiazole rings is 1. The number of aromatic nitrogens is 1. The van der Waals surface area contributed by atoms with Crippen molar-refractivity contribution in [3.63, 3.8) is 0 Å². The maximum atomic E-state index is 12.8. The molecule has 136 valence electrons. The first kappa shape index (κ1) is 16.7. The Morgan fingerprint density at radius 1 is 1.27 bits per heavy atom. The fraction of sp³-hybridized carbons (Fsp3) is 0.500. The largest absolute Gasteiger partial charge is 0.376 e. The summed E-state index contributed by atoms with van der Waals surface area (Å²) in [6.07, 6.45) is 9.72. The highest BCUT2D eigenvalue weighted by Crippen LogP contribution is 2.47. The minimum absolute atomic E-state index is 0.0597. The fourth-order valence-corrected chi connectivity index (χ4v) is 5.97. The topological polar surface area (TPSA) is 51.2 Å². The summed E-state index contributed by atoms with van der Waals surface area (Å²) in [5, 5.41) is 7.42. The van der Waals surface area contributed by atoms with Gasteiger partial charge in [-0.2, -0.15) is 0 Å². The fourth-order valence-electron chi connectivity index (χ4n) is 3.74. The number of hydrogen-bond acceptors (Lipinski definition) is 5. The number of ether oxygens (including phenoxy) is 1. The summed E-state index contributed by atoms with van der Waals surface area (Å²) in [6.45, 7) is 1.39. The number of allylic oxidation sites excluding steroid dienone is 1. The average molecular weight is 387 g/mol. The van der Waals surface area contributed by atoms with Crippen LogP contribution in [0.2, 0.25) is 0 Å². The first-order valence-corrected chi connectivity index (χ1v) is 11.2. The number of carbonyl (C=O) groups is 1. The van der Waals surface area contributed by atoms with Crippen LogP contribution in [-0.4, -0.2) is 17.5 Å². The third-order valence-electron chi connectivity index (χ3n) is 5.36. The van der Waals surface area contributed by atoms with Crippen LogP contribution < -0.4 is 5.32 Å². The van der Waals surface area contributed by atoms with Gasteiger partial charge in [-0.15, -0.1) is 22.7 Å². The smallest absolute Gasteiger partial charge is 0.251 e. The Morgan fingerprint density at radius 3 is 3.00 bits per heavy atom. The first-order valence-electron chi connectivity index (χ1n) is 9.48. The molecule has 0 unspecified atom stereocenters. The van der Waals surface area contributed by atoms with E-state index < -0.39 is 0 Å². The Kier molecular flexibility index (Phi) is 4.43. The minimum Gasteiger partial charge on any atom is -0.376 e. The number of fused-ring (bicyclic) bond motifs is 1. The lowest BCUT2D eigenvalue weighted by atomic mass is 9.99. The maximum absolute atomic E-state index is 12.8. The predicted molar refractivity (Wildman–Crippen MR) is 106 cm³/mol. The molecule has 1 amide bonds. The van der Waals surface area contributed by atoms with Gasteiger partial charge in [0.1, 0.15) is 10.0 Å². The molecule has 5 rings (SSSR count). The number of hydrogen-bond donors (Lipinski definition) is 1. The Labute approximate surface area is 161 Å². The van der Waals surface area contributed by atoms with Crippen LogP contribution in [0.5, 0.6) is 0 Å². The van der Waals surface area contributed by atoms with E-state index in [0.717, 1.165) is 53.4 Å². The van der Waals surface area contributed by atoms with Gasteiger partial charge in [0.25, 0.3) is 5.91 Å². The average Bonchev–Trinajstić information content (AvgIpc) is 3.30. The molecule has 6 heteroatoms. The maximum Gasteiger partial charge on any atom is 0.251 e. The van der Waals surface area contributed by atoms with Crippen molar-refractivity contribution in [1.29, 1.82) is 0 Å². The van der Waals surface area contributed by atoms with Gasteiger partial charge in [0.05, 0.1) is 18.9 Å². The SMILES string of the molecule is O=C(Nc1sc2c(c1-c1nc(C3CC3)cs1)CCOC2)C1=CCCCC1. The van der Waals surface area contributed by atoms with Crippen molar-refractivity contribution in [2.75, 3.05) is 11.9 Å². The molecule has 1 N–H and O–H groups in total. The molecule has 0 spiro atoms. The lowest BCUT2D eigenvalue weighted by Gasteiger charge is -2.14. The van der Waals surface area contributed by atoms with Crippen LogP contribution in [0.3, 0.4) is 0 Å². The summed E-state index contributed by atoms with van der Waals surface area (Å²) in [5.41, 5.74) is 4.63. The normalized spacial score (nSPS) is 19.8. The van der Waals surface area contributed by atoms with Crippen LogP contribution in [0.15, 0.2) is 17.0 Å². The van der Waals surface area contributed by atoms with E-state index in [1.54, 1.807) is 22.7 Å². The van der Waals surface area contributed by atoms with E-state index >= 15 is 0 Å². The summed E-state index contributed by atoms with van der Waals surface area (Å²) in [5.74, 6) is 0.715. The second-order valence-corrected chi connectivity index (χ2v) is 9.25. The molecule has 2 aliphatic carbocycles. The van der Waals surface area contributed by atoms with Crippen molar-refractivity contribution in [1.82, 2.24) is 4.98 Å². The van der Waals surface area contributed by atoms with Gasteiger partial charge in [-0.3, -0.25) is 4.79 Å². The molecule has 0 radical (unpaired) electrons. The van der Waals surface area contributed by atoms with E-state index in [0.29, 0.717) is 12.5 Å². The second-order valence-electron chi connectivity index (χ2n) is 7.29. The van der Waals surface area contributed by atoms with Gasteiger partial charge >= 0.3 is 0 Å². The van der Waals surface area contributed by atoms with Crippen LogP contribution in [-0.2, 0) is 22.6 Å². The predicted octanol–water partition coefficient (Wildman–Crippen LogP) is 5.26. The number of anilines is 1. The van der Waals surface area contributed by atoms with Crippen LogP contribution in [0.1, 0.15) is 60.6 Å². The molecule has 4 nitrogen and oxygen atoms in total. The molecule has 1 saturated carbocycles. The van der Waals surface area contributed by atoms with Gasteiger partial charge in [0, 0.05) is 27.3 Å². The zero-order valence-corrected chi connectivity index (χ0v) is 16.3. The lowest BCUT2D eigenvalue weighted by molar-refractivity contribution is -0.113. The van der Waals surface area contributed by atoms with Crippen LogP contribution in [0.4, 0.5) is 5.00 Å². The molecule has 0 atom stereocenters. The molecule has 0 aromatic carbocycles. The summed E-state index contributed by atoms with van der Waals surface area (Å²) in [6, 6.07) is 0. The summed E-state index contributed by atoms with van der Waals surface area (Å²) in [4.78, 5) is 18.9. The minimum atomic E-state index is 0.0597. The molecular weight excluding hydrogens is 364 g/mol. The number of carbonyl (C=O) groups excluding carboxylic acids is 1. The third kappa shape index (κ3) is 3.15. The Balaban J connectivity index is 1.50. The van der Waals surface area contributed by atoms with Crippen molar-refractivity contribution in [3.05, 3.63) is 33.2 Å². The number of thiophene rings is 1. The lowest BCUT2D eigenvalue weighted by Crippen LogP contribution is -2.15. The van der Waals surface area contributed by atoms with Crippen LogP contribution in [0, 0.1) is 0 Å². The summed E-state index contributed by atoms with van der Waals surface area (Å²) < 4.78 is 5.64. The molecular formula is C20H22N2O2S2. The van der Waals surface area contributed by atoms with Gasteiger partial charge in [-0.1, -0.05) is 6.08 Å². The Hall–Kier alpha value is -1.50. The van der Waals surface area contributed by atoms with E-state index in [1.807, 2.05) is 0 Å². The molecule has 3 heterocycles. The number of rotatable bonds is 4. The monoisotopic (exact) mass is 386 g/mol.